The first-order chi connectivity index (χ1) is 6.29. The van der Waals surface area contributed by atoms with E-state index in [2.05, 4.69) is 5.32 Å². The van der Waals surface area contributed by atoms with Gasteiger partial charge in [0.05, 0.1) is 0 Å². The Balaban J connectivity index is 1.95. The molecule has 2 rings (SSSR count). The zero-order chi connectivity index (χ0) is 9.26. The van der Waals surface area contributed by atoms with E-state index in [-0.39, 0.29) is 5.92 Å². The van der Waals surface area contributed by atoms with E-state index in [0.29, 0.717) is 12.5 Å². The first-order valence-electron chi connectivity index (χ1n) is 5.21. The van der Waals surface area contributed by atoms with E-state index in [0.717, 1.165) is 12.8 Å². The lowest BCUT2D eigenvalue weighted by Gasteiger charge is -2.27. The quantitative estimate of drug-likeness (QED) is 0.661. The first-order valence-corrected chi connectivity index (χ1v) is 5.21. The van der Waals surface area contributed by atoms with E-state index >= 15 is 0 Å². The molecule has 1 saturated heterocycles. The van der Waals surface area contributed by atoms with Crippen LogP contribution in [0.4, 0.5) is 4.39 Å². The summed E-state index contributed by atoms with van der Waals surface area (Å²) in [5, 5.41) is 2.60. The molecular weight excluding hydrogens is 169 g/mol. The zero-order valence-electron chi connectivity index (χ0n) is 7.76. The third-order valence-corrected chi connectivity index (χ3v) is 3.39. The molecule has 2 nitrogen and oxygen atoms in total. The number of nitrogens with one attached hydrogen (secondary N) is 1. The molecule has 0 spiro atoms. The summed E-state index contributed by atoms with van der Waals surface area (Å²) in [6.07, 6.45) is 4.69. The lowest BCUT2D eigenvalue weighted by Crippen LogP contribution is -2.26. The van der Waals surface area contributed by atoms with Gasteiger partial charge in [-0.2, -0.15) is 0 Å². The third-order valence-electron chi connectivity index (χ3n) is 3.39. The molecule has 3 heteroatoms. The molecule has 2 fully saturated rings. The van der Waals surface area contributed by atoms with Gasteiger partial charge < -0.3 is 5.32 Å². The van der Waals surface area contributed by atoms with Crippen LogP contribution >= 0.6 is 0 Å². The number of hydrogen-bond acceptors (Lipinski definition) is 1. The maximum absolute atomic E-state index is 13.4. The van der Waals surface area contributed by atoms with Crippen LogP contribution in [-0.2, 0) is 4.79 Å². The number of rotatable bonds is 1. The number of amides is 1. The van der Waals surface area contributed by atoms with Crippen molar-refractivity contribution in [2.24, 2.45) is 11.8 Å². The Labute approximate surface area is 77.9 Å². The van der Waals surface area contributed by atoms with Crippen LogP contribution in [0, 0.1) is 11.8 Å². The van der Waals surface area contributed by atoms with E-state index < -0.39 is 12.1 Å². The van der Waals surface area contributed by atoms with Gasteiger partial charge in [-0.1, -0.05) is 19.3 Å². The number of hydrogen-bond donors (Lipinski definition) is 1. The standard InChI is InChI=1S/C10H16FNO/c11-9-8(6-12-10(9)13)7-4-2-1-3-5-7/h7-9H,1-6H2,(H,12,13). The number of carbonyl (C=O) groups is 1. The fourth-order valence-electron chi connectivity index (χ4n) is 2.58. The molecule has 1 saturated carbocycles. The molecule has 0 aromatic heterocycles. The van der Waals surface area contributed by atoms with Crippen LogP contribution in [0.2, 0.25) is 0 Å². The molecule has 0 bridgehead atoms. The van der Waals surface area contributed by atoms with Crippen molar-refractivity contribution in [1.29, 1.82) is 0 Å². The van der Waals surface area contributed by atoms with E-state index in [4.69, 9.17) is 0 Å². The lowest BCUT2D eigenvalue weighted by atomic mass is 9.79. The minimum Gasteiger partial charge on any atom is -0.353 e. The largest absolute Gasteiger partial charge is 0.353 e. The molecule has 1 aliphatic carbocycles. The number of halogens is 1. The Morgan fingerprint density at radius 3 is 2.46 bits per heavy atom. The molecule has 13 heavy (non-hydrogen) atoms. The van der Waals surface area contributed by atoms with E-state index in [1.807, 2.05) is 0 Å². The lowest BCUT2D eigenvalue weighted by molar-refractivity contribution is -0.124. The average Bonchev–Trinajstić information content (AvgIpc) is 2.49. The third kappa shape index (κ3) is 1.69. The van der Waals surface area contributed by atoms with Gasteiger partial charge in [0.1, 0.15) is 0 Å². The maximum Gasteiger partial charge on any atom is 0.254 e. The van der Waals surface area contributed by atoms with Crippen molar-refractivity contribution in [1.82, 2.24) is 5.32 Å². The molecule has 2 atom stereocenters. The van der Waals surface area contributed by atoms with Crippen LogP contribution < -0.4 is 5.32 Å². The second-order valence-corrected chi connectivity index (χ2v) is 4.21. The highest BCUT2D eigenvalue weighted by Gasteiger charge is 2.39. The molecule has 2 aliphatic rings. The molecule has 0 radical (unpaired) electrons. The van der Waals surface area contributed by atoms with Gasteiger partial charge in [-0.25, -0.2) is 4.39 Å². The van der Waals surface area contributed by atoms with Gasteiger partial charge in [-0.05, 0) is 18.8 Å². The first kappa shape index (κ1) is 8.97. The van der Waals surface area contributed by atoms with Gasteiger partial charge in [-0.15, -0.1) is 0 Å². The van der Waals surface area contributed by atoms with Gasteiger partial charge in [0.15, 0.2) is 6.17 Å². The minimum atomic E-state index is -1.23. The van der Waals surface area contributed by atoms with Crippen LogP contribution in [0.3, 0.4) is 0 Å². The van der Waals surface area contributed by atoms with Gasteiger partial charge >= 0.3 is 0 Å². The van der Waals surface area contributed by atoms with Crippen molar-refractivity contribution in [3.63, 3.8) is 0 Å². The summed E-state index contributed by atoms with van der Waals surface area (Å²) in [5.41, 5.74) is 0. The van der Waals surface area contributed by atoms with Crippen molar-refractivity contribution >= 4 is 5.91 Å². The van der Waals surface area contributed by atoms with Crippen LogP contribution in [0.1, 0.15) is 32.1 Å². The summed E-state index contributed by atoms with van der Waals surface area (Å²) in [5.74, 6) is 0.0195. The Bertz CT molecular complexity index is 201. The van der Waals surface area contributed by atoms with Gasteiger partial charge in [-0.3, -0.25) is 4.79 Å². The van der Waals surface area contributed by atoms with Crippen LogP contribution in [0.5, 0.6) is 0 Å². The summed E-state index contributed by atoms with van der Waals surface area (Å²) in [4.78, 5) is 10.9. The topological polar surface area (TPSA) is 29.1 Å². The molecule has 0 aromatic carbocycles. The summed E-state index contributed by atoms with van der Waals surface area (Å²) < 4.78 is 13.4. The Kier molecular flexibility index (Phi) is 2.51. The molecule has 1 aliphatic heterocycles. The number of carbonyl (C=O) groups excluding carboxylic acids is 1. The molecule has 1 heterocycles. The Morgan fingerprint density at radius 1 is 1.23 bits per heavy atom. The molecule has 74 valence electrons. The van der Waals surface area contributed by atoms with Gasteiger partial charge in [0, 0.05) is 12.5 Å². The van der Waals surface area contributed by atoms with Crippen molar-refractivity contribution in [3.05, 3.63) is 0 Å². The molecule has 0 aromatic rings. The second kappa shape index (κ2) is 3.64. The zero-order valence-corrected chi connectivity index (χ0v) is 7.76. The SMILES string of the molecule is O=C1NCC(C2CCCCC2)C1F. The van der Waals surface area contributed by atoms with Crippen molar-refractivity contribution in [2.45, 2.75) is 38.3 Å². The molecular formula is C10H16FNO. The van der Waals surface area contributed by atoms with Crippen LogP contribution in [0.15, 0.2) is 0 Å². The molecule has 2 unspecified atom stereocenters. The number of alkyl halides is 1. The van der Waals surface area contributed by atoms with Crippen molar-refractivity contribution < 1.29 is 9.18 Å². The fraction of sp³-hybridized carbons (Fsp3) is 0.900. The van der Waals surface area contributed by atoms with E-state index in [9.17, 15) is 9.18 Å². The summed E-state index contributed by atoms with van der Waals surface area (Å²) in [7, 11) is 0. The monoisotopic (exact) mass is 185 g/mol. The smallest absolute Gasteiger partial charge is 0.254 e. The average molecular weight is 185 g/mol. The van der Waals surface area contributed by atoms with Gasteiger partial charge in [0.2, 0.25) is 0 Å². The van der Waals surface area contributed by atoms with Crippen LogP contribution in [-0.4, -0.2) is 18.6 Å². The van der Waals surface area contributed by atoms with Gasteiger partial charge in [0.25, 0.3) is 5.91 Å². The predicted molar refractivity (Wildman–Crippen MR) is 48.0 cm³/mol. The van der Waals surface area contributed by atoms with Crippen molar-refractivity contribution in [2.75, 3.05) is 6.54 Å². The fourth-order valence-corrected chi connectivity index (χ4v) is 2.58. The Hall–Kier alpha value is -0.600. The van der Waals surface area contributed by atoms with E-state index in [1.54, 1.807) is 0 Å². The second-order valence-electron chi connectivity index (χ2n) is 4.21. The summed E-state index contributed by atoms with van der Waals surface area (Å²) >= 11 is 0. The predicted octanol–water partition coefficient (Wildman–Crippen LogP) is 1.65. The molecule has 1 amide bonds. The highest BCUT2D eigenvalue weighted by molar-refractivity contribution is 5.83. The molecule has 1 N–H and O–H groups in total. The highest BCUT2D eigenvalue weighted by atomic mass is 19.1. The highest BCUT2D eigenvalue weighted by Crippen LogP contribution is 2.34. The minimum absolute atomic E-state index is 0.0344. The summed E-state index contributed by atoms with van der Waals surface area (Å²) in [6, 6.07) is 0. The Morgan fingerprint density at radius 2 is 1.92 bits per heavy atom. The van der Waals surface area contributed by atoms with E-state index in [1.165, 1.54) is 19.3 Å². The normalized spacial score (nSPS) is 36.2. The van der Waals surface area contributed by atoms with Crippen LogP contribution in [0.25, 0.3) is 0 Å². The summed E-state index contributed by atoms with van der Waals surface area (Å²) in [6.45, 7) is 0.560. The maximum atomic E-state index is 13.4. The van der Waals surface area contributed by atoms with Crippen molar-refractivity contribution in [3.8, 4) is 0 Å².